The molecular weight excluding hydrogens is 312 g/mol. The lowest BCUT2D eigenvalue weighted by Gasteiger charge is -2.22. The molecule has 130 valence electrons. The van der Waals surface area contributed by atoms with Crippen molar-refractivity contribution in [3.8, 4) is 0 Å². The van der Waals surface area contributed by atoms with Crippen molar-refractivity contribution in [2.75, 3.05) is 31.7 Å². The van der Waals surface area contributed by atoms with E-state index in [9.17, 15) is 14.4 Å². The van der Waals surface area contributed by atoms with Gasteiger partial charge in [0.1, 0.15) is 6.10 Å². The first-order chi connectivity index (χ1) is 11.5. The van der Waals surface area contributed by atoms with Gasteiger partial charge in [-0.2, -0.15) is 0 Å². The topological polar surface area (TPSA) is 84.9 Å². The Labute approximate surface area is 140 Å². The maximum atomic E-state index is 11.9. The molecule has 1 saturated heterocycles. The number of ether oxygens (including phenoxy) is 2. The number of benzene rings is 1. The average Bonchev–Trinajstić information content (AvgIpc) is 3.12. The van der Waals surface area contributed by atoms with Gasteiger partial charge >= 0.3 is 5.97 Å². The Morgan fingerprint density at radius 2 is 2.00 bits per heavy atom. The van der Waals surface area contributed by atoms with Crippen LogP contribution in [0, 0.1) is 0 Å². The highest BCUT2D eigenvalue weighted by Gasteiger charge is 2.23. The van der Waals surface area contributed by atoms with Crippen molar-refractivity contribution in [2.45, 2.75) is 25.9 Å². The molecule has 1 aliphatic rings. The third-order valence-corrected chi connectivity index (χ3v) is 3.84. The number of amides is 2. The molecule has 2 rings (SSSR count). The molecule has 0 spiro atoms. The second-order valence-electron chi connectivity index (χ2n) is 5.50. The fourth-order valence-electron chi connectivity index (χ4n) is 2.55. The second-order valence-corrected chi connectivity index (χ2v) is 5.50. The Morgan fingerprint density at radius 1 is 1.29 bits per heavy atom. The Kier molecular flexibility index (Phi) is 6.31. The van der Waals surface area contributed by atoms with E-state index < -0.39 is 5.97 Å². The lowest BCUT2D eigenvalue weighted by Crippen LogP contribution is -2.41. The summed E-state index contributed by atoms with van der Waals surface area (Å²) in [4.78, 5) is 36.7. The van der Waals surface area contributed by atoms with Crippen LogP contribution in [0.1, 0.15) is 30.1 Å². The first kappa shape index (κ1) is 17.9. The van der Waals surface area contributed by atoms with Crippen molar-refractivity contribution in [2.24, 2.45) is 0 Å². The van der Waals surface area contributed by atoms with E-state index in [0.29, 0.717) is 30.9 Å². The minimum absolute atomic E-state index is 0.142. The Morgan fingerprint density at radius 3 is 2.54 bits per heavy atom. The van der Waals surface area contributed by atoms with Crippen molar-refractivity contribution >= 4 is 23.5 Å². The number of anilines is 1. The molecule has 1 N–H and O–H groups in total. The highest BCUT2D eigenvalue weighted by molar-refractivity contribution is 5.93. The fraction of sp³-hybridized carbons (Fsp3) is 0.471. The van der Waals surface area contributed by atoms with E-state index in [1.165, 1.54) is 18.9 Å². The maximum absolute atomic E-state index is 11.9. The zero-order chi connectivity index (χ0) is 17.5. The van der Waals surface area contributed by atoms with Gasteiger partial charge in [-0.05, 0) is 37.1 Å². The van der Waals surface area contributed by atoms with E-state index in [0.717, 1.165) is 12.8 Å². The number of methoxy groups -OCH3 is 1. The Balaban J connectivity index is 1.92. The van der Waals surface area contributed by atoms with Gasteiger partial charge in [0.05, 0.1) is 12.7 Å². The predicted molar refractivity (Wildman–Crippen MR) is 87.8 cm³/mol. The summed E-state index contributed by atoms with van der Waals surface area (Å²) in [6.07, 6.45) is 1.25. The summed E-state index contributed by atoms with van der Waals surface area (Å²) in [6, 6.07) is 6.55. The summed E-state index contributed by atoms with van der Waals surface area (Å²) in [5.41, 5.74) is 1.07. The fourth-order valence-corrected chi connectivity index (χ4v) is 2.55. The number of hydrogen-bond donors (Lipinski definition) is 1. The van der Waals surface area contributed by atoms with Crippen molar-refractivity contribution in [1.29, 1.82) is 0 Å². The molecule has 7 nitrogen and oxygen atoms in total. The highest BCUT2D eigenvalue weighted by atomic mass is 16.5. The molecule has 0 bridgehead atoms. The number of carbonyl (C=O) groups excluding carboxylic acids is 3. The summed E-state index contributed by atoms with van der Waals surface area (Å²) in [7, 11) is 1.31. The summed E-state index contributed by atoms with van der Waals surface area (Å²) in [6.45, 7) is 2.74. The van der Waals surface area contributed by atoms with E-state index in [2.05, 4.69) is 10.1 Å². The van der Waals surface area contributed by atoms with Crippen molar-refractivity contribution in [3.63, 3.8) is 0 Å². The monoisotopic (exact) mass is 334 g/mol. The third-order valence-electron chi connectivity index (χ3n) is 3.84. The van der Waals surface area contributed by atoms with Crippen LogP contribution in [0.3, 0.4) is 0 Å². The van der Waals surface area contributed by atoms with E-state index in [1.807, 2.05) is 0 Å². The van der Waals surface area contributed by atoms with Crippen LogP contribution in [0.2, 0.25) is 0 Å². The minimum atomic E-state index is -0.431. The molecular formula is C17H22N2O5. The molecule has 1 unspecified atom stereocenters. The van der Waals surface area contributed by atoms with E-state index in [1.54, 1.807) is 24.3 Å². The molecule has 1 aromatic rings. The molecule has 1 atom stereocenters. The molecule has 2 amide bonds. The van der Waals surface area contributed by atoms with Crippen LogP contribution in [0.5, 0.6) is 0 Å². The van der Waals surface area contributed by atoms with Gasteiger partial charge in [0, 0.05) is 32.3 Å². The number of hydrogen-bond acceptors (Lipinski definition) is 5. The lowest BCUT2D eigenvalue weighted by molar-refractivity contribution is -0.130. The number of rotatable bonds is 6. The van der Waals surface area contributed by atoms with Gasteiger partial charge in [0.2, 0.25) is 11.8 Å². The zero-order valence-electron chi connectivity index (χ0n) is 13.9. The van der Waals surface area contributed by atoms with Gasteiger partial charge in [-0.3, -0.25) is 9.59 Å². The largest absolute Gasteiger partial charge is 0.465 e. The van der Waals surface area contributed by atoms with Gasteiger partial charge in [-0.25, -0.2) is 4.79 Å². The van der Waals surface area contributed by atoms with Crippen molar-refractivity contribution in [1.82, 2.24) is 5.32 Å². The van der Waals surface area contributed by atoms with Crippen LogP contribution in [0.4, 0.5) is 5.69 Å². The molecule has 0 aliphatic carbocycles. The molecule has 0 radical (unpaired) electrons. The second kappa shape index (κ2) is 8.44. The van der Waals surface area contributed by atoms with Crippen LogP contribution in [0.25, 0.3) is 0 Å². The minimum Gasteiger partial charge on any atom is -0.465 e. The van der Waals surface area contributed by atoms with Crippen LogP contribution in [-0.4, -0.2) is 50.7 Å². The van der Waals surface area contributed by atoms with Gasteiger partial charge in [-0.1, -0.05) is 0 Å². The number of nitrogens with zero attached hydrogens (tertiary/aromatic N) is 1. The van der Waals surface area contributed by atoms with E-state index >= 15 is 0 Å². The molecule has 7 heteroatoms. The van der Waals surface area contributed by atoms with E-state index in [-0.39, 0.29) is 17.9 Å². The van der Waals surface area contributed by atoms with Crippen LogP contribution in [-0.2, 0) is 19.1 Å². The van der Waals surface area contributed by atoms with Crippen LogP contribution in [0.15, 0.2) is 24.3 Å². The molecule has 1 heterocycles. The molecule has 0 aromatic heterocycles. The summed E-state index contributed by atoms with van der Waals surface area (Å²) >= 11 is 0. The van der Waals surface area contributed by atoms with Crippen LogP contribution >= 0.6 is 0 Å². The SMILES string of the molecule is COC(=O)c1ccc(N(CCNC(=O)C2CCCO2)C(C)=O)cc1. The molecule has 24 heavy (non-hydrogen) atoms. The number of esters is 1. The third kappa shape index (κ3) is 4.55. The zero-order valence-corrected chi connectivity index (χ0v) is 13.9. The number of nitrogens with one attached hydrogen (secondary N) is 1. The molecule has 1 aromatic carbocycles. The summed E-state index contributed by atoms with van der Waals surface area (Å²) < 4.78 is 9.96. The normalized spacial score (nSPS) is 16.5. The standard InChI is InChI=1S/C17H22N2O5/c1-12(20)19(10-9-18-16(21)15-4-3-11-24-15)14-7-5-13(6-8-14)17(22)23-2/h5-8,15H,3-4,9-11H2,1-2H3,(H,18,21). The molecule has 1 fully saturated rings. The Hall–Kier alpha value is -2.41. The summed E-state index contributed by atoms with van der Waals surface area (Å²) in [5, 5.41) is 2.79. The van der Waals surface area contributed by atoms with Gasteiger partial charge < -0.3 is 19.7 Å². The Bertz CT molecular complexity index is 594. The lowest BCUT2D eigenvalue weighted by atomic mass is 10.2. The maximum Gasteiger partial charge on any atom is 0.337 e. The quantitative estimate of drug-likeness (QED) is 0.788. The predicted octanol–water partition coefficient (Wildman–Crippen LogP) is 1.12. The van der Waals surface area contributed by atoms with E-state index in [4.69, 9.17) is 4.74 Å². The molecule has 0 saturated carbocycles. The van der Waals surface area contributed by atoms with Crippen molar-refractivity contribution < 1.29 is 23.9 Å². The average molecular weight is 334 g/mol. The highest BCUT2D eigenvalue weighted by Crippen LogP contribution is 2.16. The molecule has 1 aliphatic heterocycles. The van der Waals surface area contributed by atoms with Gasteiger partial charge in [0.25, 0.3) is 0 Å². The summed E-state index contributed by atoms with van der Waals surface area (Å²) in [5.74, 6) is -0.719. The first-order valence-electron chi connectivity index (χ1n) is 7.88. The van der Waals surface area contributed by atoms with Crippen molar-refractivity contribution in [3.05, 3.63) is 29.8 Å². The number of carbonyl (C=O) groups is 3. The first-order valence-corrected chi connectivity index (χ1v) is 7.88. The van der Waals surface area contributed by atoms with Gasteiger partial charge in [-0.15, -0.1) is 0 Å². The smallest absolute Gasteiger partial charge is 0.337 e. The van der Waals surface area contributed by atoms with Crippen LogP contribution < -0.4 is 10.2 Å². The van der Waals surface area contributed by atoms with Gasteiger partial charge in [0.15, 0.2) is 0 Å².